The molecule has 0 unspecified atom stereocenters. The second-order valence-electron chi connectivity index (χ2n) is 6.73. The van der Waals surface area contributed by atoms with Crippen LogP contribution in [0.3, 0.4) is 0 Å². The van der Waals surface area contributed by atoms with E-state index >= 15 is 0 Å². The molecule has 0 saturated heterocycles. The average molecular weight is 389 g/mol. The van der Waals surface area contributed by atoms with Crippen LogP contribution in [0.5, 0.6) is 11.6 Å². The van der Waals surface area contributed by atoms with E-state index in [1.165, 1.54) is 6.33 Å². The highest BCUT2D eigenvalue weighted by Crippen LogP contribution is 2.34. The number of allylic oxidation sites excluding steroid dienone is 1. The van der Waals surface area contributed by atoms with Crippen LogP contribution >= 0.6 is 0 Å². The highest BCUT2D eigenvalue weighted by molar-refractivity contribution is 5.66. The Labute approximate surface area is 165 Å². The number of hydrogen-bond acceptors (Lipinski definition) is 6. The van der Waals surface area contributed by atoms with E-state index < -0.39 is 0 Å². The maximum Gasteiger partial charge on any atom is 0.224 e. The van der Waals surface area contributed by atoms with Crippen molar-refractivity contribution in [1.82, 2.24) is 20.2 Å². The van der Waals surface area contributed by atoms with Gasteiger partial charge < -0.3 is 14.5 Å². The van der Waals surface area contributed by atoms with Gasteiger partial charge in [0.2, 0.25) is 5.88 Å². The molecule has 29 heavy (non-hydrogen) atoms. The summed E-state index contributed by atoms with van der Waals surface area (Å²) in [4.78, 5) is 8.23. The van der Waals surface area contributed by atoms with Gasteiger partial charge in [-0.2, -0.15) is 5.10 Å². The first kappa shape index (κ1) is 17.2. The maximum atomic E-state index is 14.8. The van der Waals surface area contributed by atoms with E-state index in [0.29, 0.717) is 23.0 Å². The third kappa shape index (κ3) is 3.36. The van der Waals surface area contributed by atoms with Gasteiger partial charge in [-0.1, -0.05) is 17.7 Å². The van der Waals surface area contributed by atoms with Crippen molar-refractivity contribution in [2.24, 2.45) is 0 Å². The predicted molar refractivity (Wildman–Crippen MR) is 105 cm³/mol. The van der Waals surface area contributed by atoms with E-state index in [1.807, 2.05) is 25.1 Å². The van der Waals surface area contributed by atoms with Gasteiger partial charge in [0.1, 0.15) is 17.8 Å². The molecular formula is C21H16FN5O2. The van der Waals surface area contributed by atoms with Crippen LogP contribution in [-0.2, 0) is 6.42 Å². The Bertz CT molecular complexity index is 1210. The minimum Gasteiger partial charge on any atom is -0.463 e. The van der Waals surface area contributed by atoms with Crippen LogP contribution in [0, 0.1) is 5.82 Å². The van der Waals surface area contributed by atoms with Crippen LogP contribution in [-0.4, -0.2) is 20.2 Å². The van der Waals surface area contributed by atoms with Crippen LogP contribution in [0.1, 0.15) is 18.1 Å². The first-order valence-electron chi connectivity index (χ1n) is 9.00. The zero-order chi connectivity index (χ0) is 19.8. The molecule has 0 fully saturated rings. The molecule has 7 nitrogen and oxygen atoms in total. The van der Waals surface area contributed by atoms with Crippen LogP contribution in [0.15, 0.2) is 59.0 Å². The first-order chi connectivity index (χ1) is 14.2. The van der Waals surface area contributed by atoms with Gasteiger partial charge in [-0.15, -0.1) is 0 Å². The van der Waals surface area contributed by atoms with Gasteiger partial charge in [0.15, 0.2) is 23.1 Å². The maximum absolute atomic E-state index is 14.8. The molecule has 0 amide bonds. The third-order valence-electron chi connectivity index (χ3n) is 4.57. The molecule has 0 atom stereocenters. The number of aromatic nitrogens is 4. The predicted octanol–water partition coefficient (Wildman–Crippen LogP) is 5.09. The van der Waals surface area contributed by atoms with Gasteiger partial charge in [-0.05, 0) is 37.1 Å². The highest BCUT2D eigenvalue weighted by atomic mass is 19.1. The Kier molecular flexibility index (Phi) is 4.09. The number of rotatable bonds is 5. The summed E-state index contributed by atoms with van der Waals surface area (Å²) in [5, 5.41) is 10.1. The smallest absolute Gasteiger partial charge is 0.224 e. The summed E-state index contributed by atoms with van der Waals surface area (Å²) in [6, 6.07) is 10.5. The molecule has 0 saturated carbocycles. The Hall–Kier alpha value is -3.94. The van der Waals surface area contributed by atoms with Crippen molar-refractivity contribution in [2.75, 3.05) is 5.32 Å². The van der Waals surface area contributed by atoms with Crippen molar-refractivity contribution >= 4 is 17.7 Å². The molecule has 0 bridgehead atoms. The molecule has 4 aromatic rings. The van der Waals surface area contributed by atoms with Gasteiger partial charge in [-0.25, -0.2) is 14.4 Å². The Morgan fingerprint density at radius 3 is 2.97 bits per heavy atom. The van der Waals surface area contributed by atoms with Crippen molar-refractivity contribution in [1.29, 1.82) is 0 Å². The quantitative estimate of drug-likeness (QED) is 0.494. The number of H-pyrrole nitrogens is 1. The van der Waals surface area contributed by atoms with E-state index in [9.17, 15) is 4.39 Å². The minimum atomic E-state index is -0.386. The van der Waals surface area contributed by atoms with E-state index in [4.69, 9.17) is 9.15 Å². The Morgan fingerprint density at radius 2 is 2.10 bits per heavy atom. The van der Waals surface area contributed by atoms with E-state index in [-0.39, 0.29) is 17.4 Å². The highest BCUT2D eigenvalue weighted by Gasteiger charge is 2.18. The summed E-state index contributed by atoms with van der Waals surface area (Å²) in [7, 11) is 0. The van der Waals surface area contributed by atoms with Crippen molar-refractivity contribution in [3.63, 3.8) is 0 Å². The number of nitrogens with one attached hydrogen (secondary N) is 2. The third-order valence-corrected chi connectivity index (χ3v) is 4.57. The molecule has 5 rings (SSSR count). The zero-order valence-electron chi connectivity index (χ0n) is 15.4. The SMILES string of the molecule is CC1=Cc2c(ccc(Oc3cc(Nc4cc(-c5ccco5)[nH]n4)ncn3)c2F)C1. The molecule has 0 spiro atoms. The van der Waals surface area contributed by atoms with Gasteiger partial charge in [0.25, 0.3) is 0 Å². The van der Waals surface area contributed by atoms with Crippen molar-refractivity contribution in [2.45, 2.75) is 13.3 Å². The summed E-state index contributed by atoms with van der Waals surface area (Å²) >= 11 is 0. The number of nitrogens with zero attached hydrogens (tertiary/aromatic N) is 3. The summed E-state index contributed by atoms with van der Waals surface area (Å²) in [6.07, 6.45) is 5.54. The van der Waals surface area contributed by atoms with E-state index in [2.05, 4.69) is 25.5 Å². The lowest BCUT2D eigenvalue weighted by atomic mass is 10.1. The normalized spacial score (nSPS) is 12.6. The number of furan rings is 1. The molecule has 1 aromatic carbocycles. The van der Waals surface area contributed by atoms with Gasteiger partial charge >= 0.3 is 0 Å². The number of aromatic amines is 1. The lowest BCUT2D eigenvalue weighted by Crippen LogP contribution is -1.98. The van der Waals surface area contributed by atoms with Crippen molar-refractivity contribution in [3.8, 4) is 23.1 Å². The van der Waals surface area contributed by atoms with Crippen LogP contribution in [0.25, 0.3) is 17.5 Å². The van der Waals surface area contributed by atoms with Crippen LogP contribution < -0.4 is 10.1 Å². The van der Waals surface area contributed by atoms with Gasteiger partial charge in [-0.3, -0.25) is 5.10 Å². The lowest BCUT2D eigenvalue weighted by Gasteiger charge is -2.09. The summed E-state index contributed by atoms with van der Waals surface area (Å²) < 4.78 is 25.8. The molecule has 2 N–H and O–H groups in total. The number of ether oxygens (including phenoxy) is 1. The van der Waals surface area contributed by atoms with Crippen molar-refractivity contribution in [3.05, 3.63) is 71.5 Å². The molecule has 3 aromatic heterocycles. The average Bonchev–Trinajstić information content (AvgIpc) is 3.45. The standard InChI is InChI=1S/C21H16FN5O2/c1-12-7-13-4-5-17(21(22)14(13)8-12)29-20-10-18(23-11-24-20)25-19-9-15(26-27-19)16-3-2-6-28-16/h2-6,8-11H,7H2,1H3,(H2,23,24,25,26,27). The van der Waals surface area contributed by atoms with E-state index in [1.54, 1.807) is 30.5 Å². The van der Waals surface area contributed by atoms with E-state index in [0.717, 1.165) is 23.3 Å². The fourth-order valence-corrected chi connectivity index (χ4v) is 3.25. The summed E-state index contributed by atoms with van der Waals surface area (Å²) in [5.41, 5.74) is 3.39. The van der Waals surface area contributed by atoms with Crippen molar-refractivity contribution < 1.29 is 13.5 Å². The first-order valence-corrected chi connectivity index (χ1v) is 9.00. The number of anilines is 2. The second-order valence-corrected chi connectivity index (χ2v) is 6.73. The van der Waals surface area contributed by atoms with Gasteiger partial charge in [0.05, 0.1) is 6.26 Å². The molecule has 0 radical (unpaired) electrons. The molecular weight excluding hydrogens is 373 g/mol. The molecule has 1 aliphatic rings. The summed E-state index contributed by atoms with van der Waals surface area (Å²) in [5.74, 6) is 1.65. The number of hydrogen-bond donors (Lipinski definition) is 2. The fraction of sp³-hybridized carbons (Fsp3) is 0.0952. The summed E-state index contributed by atoms with van der Waals surface area (Å²) in [6.45, 7) is 1.98. The number of benzene rings is 1. The molecule has 8 heteroatoms. The van der Waals surface area contributed by atoms with Crippen LogP contribution in [0.2, 0.25) is 0 Å². The van der Waals surface area contributed by atoms with Gasteiger partial charge in [0, 0.05) is 17.7 Å². The zero-order valence-corrected chi connectivity index (χ0v) is 15.4. The molecule has 144 valence electrons. The second kappa shape index (κ2) is 6.90. The number of fused-ring (bicyclic) bond motifs is 1. The fourth-order valence-electron chi connectivity index (χ4n) is 3.25. The molecule has 3 heterocycles. The molecule has 0 aliphatic heterocycles. The topological polar surface area (TPSA) is 88.9 Å². The molecule has 1 aliphatic carbocycles. The number of halogens is 1. The monoisotopic (exact) mass is 389 g/mol. The lowest BCUT2D eigenvalue weighted by molar-refractivity contribution is 0.426. The largest absolute Gasteiger partial charge is 0.463 e. The Balaban J connectivity index is 1.35. The Morgan fingerprint density at radius 1 is 1.17 bits per heavy atom. The van der Waals surface area contributed by atoms with Crippen LogP contribution in [0.4, 0.5) is 16.0 Å². The minimum absolute atomic E-state index is 0.124.